The number of likely N-dealkylation sites (N-methyl/N-ethyl adjacent to an activating group) is 1. The Balaban J connectivity index is 0.00000288. The first-order valence-electron chi connectivity index (χ1n) is 7.94. The SMILES string of the molecule is CNC1CCCN(C(=O)CCNS(=O)(=O)c2ccc(C)cc2)C1.Cl. The molecule has 1 fully saturated rings. The zero-order valence-corrected chi connectivity index (χ0v) is 15.8. The molecule has 2 N–H and O–H groups in total. The van der Waals surface area contributed by atoms with E-state index in [0.717, 1.165) is 24.9 Å². The van der Waals surface area contributed by atoms with Gasteiger partial charge in [0.2, 0.25) is 15.9 Å². The van der Waals surface area contributed by atoms with E-state index in [1.165, 1.54) is 0 Å². The molecule has 1 aliphatic heterocycles. The molecule has 1 aliphatic rings. The van der Waals surface area contributed by atoms with E-state index in [1.54, 1.807) is 24.3 Å². The summed E-state index contributed by atoms with van der Waals surface area (Å²) in [6.45, 7) is 3.47. The van der Waals surface area contributed by atoms with Gasteiger partial charge in [-0.3, -0.25) is 4.79 Å². The van der Waals surface area contributed by atoms with Crippen molar-refractivity contribution in [3.63, 3.8) is 0 Å². The number of sulfonamides is 1. The van der Waals surface area contributed by atoms with Gasteiger partial charge in [0.15, 0.2) is 0 Å². The first kappa shape index (κ1) is 20.9. The average Bonchev–Trinajstić information content (AvgIpc) is 2.55. The fourth-order valence-electron chi connectivity index (χ4n) is 2.69. The first-order chi connectivity index (χ1) is 10.9. The third-order valence-corrected chi connectivity index (χ3v) is 5.62. The van der Waals surface area contributed by atoms with E-state index in [4.69, 9.17) is 0 Å². The van der Waals surface area contributed by atoms with Crippen LogP contribution in [-0.4, -0.2) is 51.9 Å². The van der Waals surface area contributed by atoms with E-state index in [9.17, 15) is 13.2 Å². The molecular formula is C16H26ClN3O3S. The van der Waals surface area contributed by atoms with Crippen LogP contribution < -0.4 is 10.0 Å². The van der Waals surface area contributed by atoms with Gasteiger partial charge in [-0.15, -0.1) is 12.4 Å². The molecular weight excluding hydrogens is 350 g/mol. The fraction of sp³-hybridized carbons (Fsp3) is 0.562. The second-order valence-corrected chi connectivity index (χ2v) is 7.70. The van der Waals surface area contributed by atoms with Gasteiger partial charge in [0, 0.05) is 32.1 Å². The molecule has 1 amide bonds. The van der Waals surface area contributed by atoms with E-state index in [2.05, 4.69) is 10.0 Å². The van der Waals surface area contributed by atoms with Crippen LogP contribution in [0.2, 0.25) is 0 Å². The van der Waals surface area contributed by atoms with Crippen LogP contribution in [-0.2, 0) is 14.8 Å². The second kappa shape index (κ2) is 9.36. The van der Waals surface area contributed by atoms with Gasteiger partial charge in [-0.25, -0.2) is 13.1 Å². The smallest absolute Gasteiger partial charge is 0.240 e. The monoisotopic (exact) mass is 375 g/mol. The molecule has 1 saturated heterocycles. The normalized spacial score (nSPS) is 18.1. The topological polar surface area (TPSA) is 78.5 Å². The maximum Gasteiger partial charge on any atom is 0.240 e. The highest BCUT2D eigenvalue weighted by Gasteiger charge is 2.22. The molecule has 0 aromatic heterocycles. The molecule has 1 heterocycles. The van der Waals surface area contributed by atoms with Crippen LogP contribution in [0.4, 0.5) is 0 Å². The van der Waals surface area contributed by atoms with Crippen LogP contribution in [0, 0.1) is 6.92 Å². The third kappa shape index (κ3) is 5.73. The van der Waals surface area contributed by atoms with Crippen molar-refractivity contribution in [2.24, 2.45) is 0 Å². The van der Waals surface area contributed by atoms with Gasteiger partial charge in [-0.05, 0) is 38.9 Å². The number of benzene rings is 1. The van der Waals surface area contributed by atoms with Crippen molar-refractivity contribution in [1.29, 1.82) is 0 Å². The Labute approximate surface area is 150 Å². The lowest BCUT2D eigenvalue weighted by molar-refractivity contribution is -0.132. The van der Waals surface area contributed by atoms with Crippen LogP contribution in [0.15, 0.2) is 29.2 Å². The minimum Gasteiger partial charge on any atom is -0.341 e. The van der Waals surface area contributed by atoms with E-state index in [1.807, 2.05) is 18.9 Å². The summed E-state index contributed by atoms with van der Waals surface area (Å²) >= 11 is 0. The lowest BCUT2D eigenvalue weighted by Crippen LogP contribution is -2.47. The number of piperidine rings is 1. The maximum absolute atomic E-state index is 12.2. The third-order valence-electron chi connectivity index (χ3n) is 4.14. The highest BCUT2D eigenvalue weighted by Crippen LogP contribution is 2.12. The number of amides is 1. The summed E-state index contributed by atoms with van der Waals surface area (Å²) in [5.41, 5.74) is 1.00. The standard InChI is InChI=1S/C16H25N3O3S.ClH/c1-13-5-7-15(8-6-13)23(21,22)18-10-9-16(20)19-11-3-4-14(12-19)17-2;/h5-8,14,17-18H,3-4,9-12H2,1-2H3;1H. The van der Waals surface area contributed by atoms with Gasteiger partial charge < -0.3 is 10.2 Å². The minimum absolute atomic E-state index is 0. The summed E-state index contributed by atoms with van der Waals surface area (Å²) in [7, 11) is -1.65. The van der Waals surface area contributed by atoms with Gasteiger partial charge in [0.05, 0.1) is 4.90 Å². The first-order valence-corrected chi connectivity index (χ1v) is 9.42. The molecule has 1 aromatic rings. The summed E-state index contributed by atoms with van der Waals surface area (Å²) in [4.78, 5) is 14.2. The van der Waals surface area contributed by atoms with Crippen molar-refractivity contribution in [2.45, 2.75) is 37.1 Å². The fourth-order valence-corrected chi connectivity index (χ4v) is 3.72. The van der Waals surface area contributed by atoms with Crippen LogP contribution in [0.5, 0.6) is 0 Å². The lowest BCUT2D eigenvalue weighted by atomic mass is 10.1. The molecule has 1 aromatic carbocycles. The molecule has 0 aliphatic carbocycles. The van der Waals surface area contributed by atoms with E-state index in [-0.39, 0.29) is 36.2 Å². The molecule has 1 unspecified atom stereocenters. The molecule has 2 rings (SSSR count). The highest BCUT2D eigenvalue weighted by molar-refractivity contribution is 7.89. The van der Waals surface area contributed by atoms with E-state index in [0.29, 0.717) is 12.6 Å². The zero-order chi connectivity index (χ0) is 16.9. The van der Waals surface area contributed by atoms with Crippen molar-refractivity contribution in [3.05, 3.63) is 29.8 Å². The van der Waals surface area contributed by atoms with Crippen molar-refractivity contribution in [3.8, 4) is 0 Å². The number of rotatable bonds is 6. The molecule has 8 heteroatoms. The number of carbonyl (C=O) groups excluding carboxylic acids is 1. The number of nitrogens with zero attached hydrogens (tertiary/aromatic N) is 1. The van der Waals surface area contributed by atoms with Gasteiger partial charge in [-0.1, -0.05) is 17.7 Å². The number of halogens is 1. The Morgan fingerprint density at radius 1 is 1.29 bits per heavy atom. The Bertz CT molecular complexity index is 634. The Hall–Kier alpha value is -1.15. The summed E-state index contributed by atoms with van der Waals surface area (Å²) in [5, 5.41) is 3.19. The van der Waals surface area contributed by atoms with Crippen molar-refractivity contribution in [1.82, 2.24) is 14.9 Å². The number of hydrogen-bond acceptors (Lipinski definition) is 4. The van der Waals surface area contributed by atoms with E-state index >= 15 is 0 Å². The number of nitrogens with one attached hydrogen (secondary N) is 2. The molecule has 0 spiro atoms. The van der Waals surface area contributed by atoms with Gasteiger partial charge in [0.25, 0.3) is 0 Å². The molecule has 0 bridgehead atoms. The van der Waals surface area contributed by atoms with E-state index < -0.39 is 10.0 Å². The zero-order valence-electron chi connectivity index (χ0n) is 14.1. The second-order valence-electron chi connectivity index (χ2n) is 5.93. The molecule has 1 atom stereocenters. The quantitative estimate of drug-likeness (QED) is 0.785. The van der Waals surface area contributed by atoms with Crippen LogP contribution >= 0.6 is 12.4 Å². The average molecular weight is 376 g/mol. The van der Waals surface area contributed by atoms with Gasteiger partial charge >= 0.3 is 0 Å². The summed E-state index contributed by atoms with van der Waals surface area (Å²) in [6.07, 6.45) is 2.23. The summed E-state index contributed by atoms with van der Waals surface area (Å²) in [6, 6.07) is 6.98. The molecule has 0 radical (unpaired) electrons. The molecule has 136 valence electrons. The van der Waals surface area contributed by atoms with Crippen LogP contribution in [0.3, 0.4) is 0 Å². The summed E-state index contributed by atoms with van der Waals surface area (Å²) < 4.78 is 26.8. The predicted octanol–water partition coefficient (Wildman–Crippen LogP) is 1.30. The number of carbonyl (C=O) groups is 1. The Kier molecular flexibility index (Phi) is 8.15. The van der Waals surface area contributed by atoms with Crippen molar-refractivity contribution >= 4 is 28.3 Å². The lowest BCUT2D eigenvalue weighted by Gasteiger charge is -2.32. The predicted molar refractivity (Wildman–Crippen MR) is 96.9 cm³/mol. The molecule has 6 nitrogen and oxygen atoms in total. The number of hydrogen-bond donors (Lipinski definition) is 2. The van der Waals surface area contributed by atoms with Crippen LogP contribution in [0.25, 0.3) is 0 Å². The van der Waals surface area contributed by atoms with Crippen LogP contribution in [0.1, 0.15) is 24.8 Å². The van der Waals surface area contributed by atoms with Crippen molar-refractivity contribution in [2.75, 3.05) is 26.7 Å². The number of likely N-dealkylation sites (tertiary alicyclic amines) is 1. The Morgan fingerprint density at radius 3 is 2.58 bits per heavy atom. The minimum atomic E-state index is -3.55. The number of aryl methyl sites for hydroxylation is 1. The van der Waals surface area contributed by atoms with Gasteiger partial charge in [0.1, 0.15) is 0 Å². The molecule has 24 heavy (non-hydrogen) atoms. The maximum atomic E-state index is 12.2. The molecule has 0 saturated carbocycles. The van der Waals surface area contributed by atoms with Crippen molar-refractivity contribution < 1.29 is 13.2 Å². The Morgan fingerprint density at radius 2 is 1.96 bits per heavy atom. The largest absolute Gasteiger partial charge is 0.341 e. The summed E-state index contributed by atoms with van der Waals surface area (Å²) in [5.74, 6) is -0.00319. The van der Waals surface area contributed by atoms with Gasteiger partial charge in [-0.2, -0.15) is 0 Å². The highest BCUT2D eigenvalue weighted by atomic mass is 35.5.